The molecule has 3 rings (SSSR count). The summed E-state index contributed by atoms with van der Waals surface area (Å²) in [6.07, 6.45) is 4.95. The molecule has 2 aliphatic rings. The second kappa shape index (κ2) is 5.06. The molecular formula is C14H18ClFN2. The number of fused-ring (bicyclic) bond motifs is 1. The standard InChI is InChI=1S/C14H18ClFN2/c15-13-4-3-10(9-14(13)16)17-11-5-7-18-6-1-2-12(18)8-11/h3-4,9,11-12,17H,1-2,5-8H2. The van der Waals surface area contributed by atoms with Gasteiger partial charge >= 0.3 is 0 Å². The van der Waals surface area contributed by atoms with Crippen molar-refractivity contribution in [2.24, 2.45) is 0 Å². The first-order valence-corrected chi connectivity index (χ1v) is 7.06. The number of nitrogens with zero attached hydrogens (tertiary/aromatic N) is 1. The second-order valence-corrected chi connectivity index (χ2v) is 5.73. The molecule has 1 N–H and O–H groups in total. The van der Waals surface area contributed by atoms with Crippen LogP contribution in [-0.2, 0) is 0 Å². The molecule has 0 amide bonds. The lowest BCUT2D eigenvalue weighted by atomic mass is 9.97. The maximum Gasteiger partial charge on any atom is 0.143 e. The Kier molecular flexibility index (Phi) is 3.44. The molecule has 18 heavy (non-hydrogen) atoms. The van der Waals surface area contributed by atoms with E-state index in [4.69, 9.17) is 11.6 Å². The molecule has 4 heteroatoms. The van der Waals surface area contributed by atoms with Crippen molar-refractivity contribution in [3.63, 3.8) is 0 Å². The summed E-state index contributed by atoms with van der Waals surface area (Å²) < 4.78 is 13.4. The maximum absolute atomic E-state index is 13.4. The maximum atomic E-state index is 13.4. The van der Waals surface area contributed by atoms with Gasteiger partial charge in [0.05, 0.1) is 5.02 Å². The highest BCUT2D eigenvalue weighted by Crippen LogP contribution is 2.29. The highest BCUT2D eigenvalue weighted by Gasteiger charge is 2.31. The molecule has 0 spiro atoms. The lowest BCUT2D eigenvalue weighted by Gasteiger charge is -2.35. The minimum absolute atomic E-state index is 0.186. The molecule has 1 aromatic carbocycles. The van der Waals surface area contributed by atoms with E-state index in [1.165, 1.54) is 38.4 Å². The van der Waals surface area contributed by atoms with Crippen molar-refractivity contribution in [1.29, 1.82) is 0 Å². The van der Waals surface area contributed by atoms with E-state index in [9.17, 15) is 4.39 Å². The smallest absolute Gasteiger partial charge is 0.143 e. The summed E-state index contributed by atoms with van der Waals surface area (Å²) in [4.78, 5) is 2.58. The van der Waals surface area contributed by atoms with Crippen LogP contribution in [0, 0.1) is 5.82 Å². The van der Waals surface area contributed by atoms with Gasteiger partial charge in [0.1, 0.15) is 5.82 Å². The van der Waals surface area contributed by atoms with E-state index in [1.54, 1.807) is 6.07 Å². The number of rotatable bonds is 2. The quantitative estimate of drug-likeness (QED) is 0.883. The van der Waals surface area contributed by atoms with Crippen LogP contribution in [0.25, 0.3) is 0 Å². The van der Waals surface area contributed by atoms with Crippen molar-refractivity contribution in [3.05, 3.63) is 29.0 Å². The van der Waals surface area contributed by atoms with Crippen molar-refractivity contribution in [1.82, 2.24) is 4.90 Å². The molecule has 2 aliphatic heterocycles. The average molecular weight is 269 g/mol. The first kappa shape index (κ1) is 12.2. The van der Waals surface area contributed by atoms with Crippen LogP contribution in [0.15, 0.2) is 18.2 Å². The van der Waals surface area contributed by atoms with Crippen LogP contribution in [0.1, 0.15) is 25.7 Å². The summed E-state index contributed by atoms with van der Waals surface area (Å²) in [7, 11) is 0. The molecule has 0 aromatic heterocycles. The van der Waals surface area contributed by atoms with Gasteiger partial charge < -0.3 is 10.2 Å². The molecule has 0 aliphatic carbocycles. The lowest BCUT2D eigenvalue weighted by Crippen LogP contribution is -2.42. The highest BCUT2D eigenvalue weighted by atomic mass is 35.5. The van der Waals surface area contributed by atoms with Gasteiger partial charge in [0, 0.05) is 24.3 Å². The second-order valence-electron chi connectivity index (χ2n) is 5.33. The Morgan fingerprint density at radius 2 is 2.17 bits per heavy atom. The van der Waals surface area contributed by atoms with Crippen LogP contribution in [0.4, 0.5) is 10.1 Å². The molecule has 2 unspecified atom stereocenters. The van der Waals surface area contributed by atoms with E-state index >= 15 is 0 Å². The van der Waals surface area contributed by atoms with E-state index in [0.29, 0.717) is 6.04 Å². The van der Waals surface area contributed by atoms with Gasteiger partial charge in [-0.05, 0) is 50.4 Å². The summed E-state index contributed by atoms with van der Waals surface area (Å²) in [6, 6.07) is 6.15. The van der Waals surface area contributed by atoms with Gasteiger partial charge in [0.25, 0.3) is 0 Å². The number of nitrogens with one attached hydrogen (secondary N) is 1. The Morgan fingerprint density at radius 1 is 1.28 bits per heavy atom. The van der Waals surface area contributed by atoms with Crippen LogP contribution >= 0.6 is 11.6 Å². The highest BCUT2D eigenvalue weighted by molar-refractivity contribution is 6.30. The van der Waals surface area contributed by atoms with Gasteiger partial charge in [0.2, 0.25) is 0 Å². The Labute approximate surface area is 112 Å². The van der Waals surface area contributed by atoms with Gasteiger partial charge in [-0.15, -0.1) is 0 Å². The van der Waals surface area contributed by atoms with Crippen LogP contribution in [0.3, 0.4) is 0 Å². The Morgan fingerprint density at radius 3 is 3.00 bits per heavy atom. The third-order valence-corrected chi connectivity index (χ3v) is 4.42. The first-order chi connectivity index (χ1) is 8.72. The molecule has 98 valence electrons. The molecule has 1 aromatic rings. The van der Waals surface area contributed by atoms with Crippen molar-refractivity contribution >= 4 is 17.3 Å². The van der Waals surface area contributed by atoms with Gasteiger partial charge in [-0.25, -0.2) is 4.39 Å². The minimum atomic E-state index is -0.347. The van der Waals surface area contributed by atoms with Crippen molar-refractivity contribution in [2.75, 3.05) is 18.4 Å². The summed E-state index contributed by atoms with van der Waals surface area (Å²) in [6.45, 7) is 2.42. The van der Waals surface area contributed by atoms with Crippen LogP contribution in [-0.4, -0.2) is 30.1 Å². The Balaban J connectivity index is 1.64. The largest absolute Gasteiger partial charge is 0.382 e. The van der Waals surface area contributed by atoms with E-state index < -0.39 is 0 Å². The van der Waals surface area contributed by atoms with Crippen LogP contribution < -0.4 is 5.32 Å². The topological polar surface area (TPSA) is 15.3 Å². The number of piperidine rings is 1. The fraction of sp³-hybridized carbons (Fsp3) is 0.571. The zero-order valence-corrected chi connectivity index (χ0v) is 11.1. The van der Waals surface area contributed by atoms with Crippen LogP contribution in [0.5, 0.6) is 0 Å². The zero-order valence-electron chi connectivity index (χ0n) is 10.3. The van der Waals surface area contributed by atoms with E-state index in [0.717, 1.165) is 18.2 Å². The number of benzene rings is 1. The summed E-state index contributed by atoms with van der Waals surface area (Å²) >= 11 is 5.69. The van der Waals surface area contributed by atoms with Crippen molar-refractivity contribution < 1.29 is 4.39 Å². The van der Waals surface area contributed by atoms with E-state index in [1.807, 2.05) is 6.07 Å². The van der Waals surface area contributed by atoms with E-state index in [-0.39, 0.29) is 10.8 Å². The predicted molar refractivity (Wildman–Crippen MR) is 72.6 cm³/mol. The molecule has 0 saturated carbocycles. The number of anilines is 1. The monoisotopic (exact) mass is 268 g/mol. The minimum Gasteiger partial charge on any atom is -0.382 e. The van der Waals surface area contributed by atoms with Crippen LogP contribution in [0.2, 0.25) is 5.02 Å². The molecule has 2 nitrogen and oxygen atoms in total. The number of halogens is 2. The summed E-state index contributed by atoms with van der Waals surface area (Å²) in [5, 5.41) is 3.62. The number of hydrogen-bond donors (Lipinski definition) is 1. The SMILES string of the molecule is Fc1cc(NC2CCN3CCCC3C2)ccc1Cl. The molecule has 0 bridgehead atoms. The Bertz CT molecular complexity index is 438. The molecule has 2 saturated heterocycles. The Hall–Kier alpha value is -0.800. The van der Waals surface area contributed by atoms with Gasteiger partial charge in [-0.1, -0.05) is 11.6 Å². The molecular weight excluding hydrogens is 251 g/mol. The predicted octanol–water partition coefficient (Wildman–Crippen LogP) is 3.52. The van der Waals surface area contributed by atoms with Gasteiger partial charge in [0.15, 0.2) is 0 Å². The van der Waals surface area contributed by atoms with Gasteiger partial charge in [-0.2, -0.15) is 0 Å². The van der Waals surface area contributed by atoms with Crippen molar-refractivity contribution in [3.8, 4) is 0 Å². The number of hydrogen-bond acceptors (Lipinski definition) is 2. The lowest BCUT2D eigenvalue weighted by molar-refractivity contribution is 0.188. The molecule has 0 radical (unpaired) electrons. The molecule has 2 heterocycles. The molecule has 2 fully saturated rings. The summed E-state index contributed by atoms with van der Waals surface area (Å²) in [5.41, 5.74) is 0.841. The third kappa shape index (κ3) is 2.47. The van der Waals surface area contributed by atoms with Crippen molar-refractivity contribution in [2.45, 2.75) is 37.8 Å². The fourth-order valence-electron chi connectivity index (χ4n) is 3.18. The average Bonchev–Trinajstić information content (AvgIpc) is 2.81. The van der Waals surface area contributed by atoms with Gasteiger partial charge in [-0.3, -0.25) is 0 Å². The van der Waals surface area contributed by atoms with E-state index in [2.05, 4.69) is 10.2 Å². The fourth-order valence-corrected chi connectivity index (χ4v) is 3.29. The third-order valence-electron chi connectivity index (χ3n) is 4.11. The normalized spacial score (nSPS) is 28.1. The first-order valence-electron chi connectivity index (χ1n) is 6.68. The molecule has 2 atom stereocenters. The zero-order chi connectivity index (χ0) is 12.5. The summed E-state index contributed by atoms with van der Waals surface area (Å²) in [5.74, 6) is -0.347.